The zero-order valence-corrected chi connectivity index (χ0v) is 7.57. The molecule has 0 saturated heterocycles. The van der Waals surface area contributed by atoms with Crippen LogP contribution in [0.25, 0.3) is 0 Å². The van der Waals surface area contributed by atoms with E-state index in [1.165, 1.54) is 0 Å². The second kappa shape index (κ2) is 35.8. The molecule has 0 aliphatic heterocycles. The maximum absolute atomic E-state index is 3.11. The molecule has 0 heterocycles. The summed E-state index contributed by atoms with van der Waals surface area (Å²) in [5.41, 5.74) is 0. The summed E-state index contributed by atoms with van der Waals surface area (Å²) in [5, 5.41) is 5.86. The molecule has 0 rings (SSSR count). The third-order valence-corrected chi connectivity index (χ3v) is 0.500. The zero-order chi connectivity index (χ0) is 6.83. The van der Waals surface area contributed by atoms with Crippen LogP contribution in [-0.2, 0) is 0 Å². The Morgan fingerprint density at radius 1 is 0.900 bits per heavy atom. The maximum Gasteiger partial charge on any atom is 0 e. The molecular weight excluding hydrogens is 122 g/mol. The van der Waals surface area contributed by atoms with Crippen molar-refractivity contribution in [1.82, 2.24) is 10.6 Å². The Morgan fingerprint density at radius 2 is 1.10 bits per heavy atom. The van der Waals surface area contributed by atoms with E-state index in [2.05, 4.69) is 24.5 Å². The van der Waals surface area contributed by atoms with Crippen LogP contribution in [0.2, 0.25) is 0 Å². The van der Waals surface area contributed by atoms with Crippen molar-refractivity contribution >= 4 is 16.8 Å². The Labute approximate surface area is 69.3 Å². The van der Waals surface area contributed by atoms with Gasteiger partial charge in [0.1, 0.15) is 0 Å². The Morgan fingerprint density at radius 3 is 1.10 bits per heavy atom. The summed E-state index contributed by atoms with van der Waals surface area (Å²) in [5.74, 6) is 0. The predicted molar refractivity (Wildman–Crippen MR) is 50.7 cm³/mol. The van der Waals surface area contributed by atoms with Crippen LogP contribution in [0.1, 0.15) is 13.8 Å². The monoisotopic (exact) mass is 140 g/mol. The lowest BCUT2D eigenvalue weighted by atomic mass is 10.7. The Bertz CT molecular complexity index is 27.7. The molecule has 0 amide bonds. The first-order valence-electron chi connectivity index (χ1n) is 3.12. The highest BCUT2D eigenvalue weighted by atomic mass is 14.8. The highest BCUT2D eigenvalue weighted by Gasteiger charge is 1.62. The van der Waals surface area contributed by atoms with Crippen LogP contribution in [-0.4, -0.2) is 44.0 Å². The van der Waals surface area contributed by atoms with Gasteiger partial charge in [-0.3, -0.25) is 0 Å². The van der Waals surface area contributed by atoms with Crippen LogP contribution in [0.3, 0.4) is 0 Å². The molecule has 10 heavy (non-hydrogen) atoms. The molecule has 0 bridgehead atoms. The van der Waals surface area contributed by atoms with Gasteiger partial charge >= 0.3 is 0 Å². The number of nitrogens with one attached hydrogen (secondary N) is 2. The number of rotatable bonds is 2. The van der Waals surface area contributed by atoms with Gasteiger partial charge in [-0.1, -0.05) is 13.8 Å². The van der Waals surface area contributed by atoms with Gasteiger partial charge in [-0.25, -0.2) is 0 Å². The molecule has 0 spiro atoms. The first-order valence-corrected chi connectivity index (χ1v) is 3.12. The molecule has 0 aromatic carbocycles. The van der Waals surface area contributed by atoms with Crippen molar-refractivity contribution < 1.29 is 0 Å². The standard InChI is InChI=1S/C4H11N.C2H7N.2B/c1-3-5-4-2;1-3-2;;/h5H,3-4H2,1-2H3;3H,1-2H3;;. The van der Waals surface area contributed by atoms with E-state index in [1.807, 2.05) is 14.1 Å². The van der Waals surface area contributed by atoms with E-state index in [9.17, 15) is 0 Å². The van der Waals surface area contributed by atoms with Crippen LogP contribution in [0, 0.1) is 0 Å². The summed E-state index contributed by atoms with van der Waals surface area (Å²) in [6.45, 7) is 6.39. The molecule has 0 aliphatic rings. The molecule has 0 atom stereocenters. The zero-order valence-electron chi connectivity index (χ0n) is 7.57. The fourth-order valence-corrected chi connectivity index (χ4v) is 0.250. The smallest absolute Gasteiger partial charge is 0 e. The van der Waals surface area contributed by atoms with Gasteiger partial charge in [0.15, 0.2) is 0 Å². The van der Waals surface area contributed by atoms with Crippen LogP contribution >= 0.6 is 0 Å². The van der Waals surface area contributed by atoms with Gasteiger partial charge in [-0.15, -0.1) is 0 Å². The topological polar surface area (TPSA) is 24.1 Å². The van der Waals surface area contributed by atoms with Crippen molar-refractivity contribution in [3.05, 3.63) is 0 Å². The van der Waals surface area contributed by atoms with Crippen LogP contribution in [0.5, 0.6) is 0 Å². The molecule has 0 aromatic heterocycles. The fraction of sp³-hybridized carbons (Fsp3) is 1.00. The van der Waals surface area contributed by atoms with Crippen molar-refractivity contribution in [2.45, 2.75) is 13.8 Å². The molecule has 4 heteroatoms. The first kappa shape index (κ1) is 22.5. The van der Waals surface area contributed by atoms with E-state index in [4.69, 9.17) is 0 Å². The molecule has 0 aliphatic carbocycles. The summed E-state index contributed by atoms with van der Waals surface area (Å²) in [7, 11) is 3.75. The van der Waals surface area contributed by atoms with Crippen molar-refractivity contribution in [2.75, 3.05) is 27.2 Å². The highest BCUT2D eigenvalue weighted by Crippen LogP contribution is 1.47. The molecule has 2 nitrogen and oxygen atoms in total. The van der Waals surface area contributed by atoms with E-state index in [0.717, 1.165) is 13.1 Å². The van der Waals surface area contributed by atoms with E-state index in [-0.39, 0.29) is 16.8 Å². The van der Waals surface area contributed by atoms with Gasteiger partial charge in [0.05, 0.1) is 0 Å². The SMILES string of the molecule is CCNCC.CNC.[B].[B]. The second-order valence-electron chi connectivity index (χ2n) is 1.46. The van der Waals surface area contributed by atoms with E-state index in [1.54, 1.807) is 0 Å². The minimum absolute atomic E-state index is 0. The maximum atomic E-state index is 3.11. The van der Waals surface area contributed by atoms with Gasteiger partial charge in [-0.05, 0) is 27.2 Å². The third kappa shape index (κ3) is 95.2. The molecule has 0 aromatic rings. The molecule has 0 fully saturated rings. The first-order chi connectivity index (χ1) is 3.83. The average Bonchev–Trinajstić information content (AvgIpc) is 1.71. The summed E-state index contributed by atoms with van der Waals surface area (Å²) in [6, 6.07) is 0. The minimum atomic E-state index is 0. The van der Waals surface area contributed by atoms with Crippen LogP contribution < -0.4 is 10.6 Å². The number of hydrogen-bond acceptors (Lipinski definition) is 2. The van der Waals surface area contributed by atoms with E-state index >= 15 is 0 Å². The van der Waals surface area contributed by atoms with Crippen LogP contribution in [0.4, 0.5) is 0 Å². The summed E-state index contributed by atoms with van der Waals surface area (Å²) >= 11 is 0. The van der Waals surface area contributed by atoms with Gasteiger partial charge < -0.3 is 10.6 Å². The van der Waals surface area contributed by atoms with Crippen molar-refractivity contribution in [1.29, 1.82) is 0 Å². The van der Waals surface area contributed by atoms with Gasteiger partial charge in [-0.2, -0.15) is 0 Å². The van der Waals surface area contributed by atoms with Crippen molar-refractivity contribution in [2.24, 2.45) is 0 Å². The lowest BCUT2D eigenvalue weighted by molar-refractivity contribution is 0.762. The van der Waals surface area contributed by atoms with E-state index in [0.29, 0.717) is 0 Å². The quantitative estimate of drug-likeness (QED) is 0.514. The summed E-state index contributed by atoms with van der Waals surface area (Å²) < 4.78 is 0. The van der Waals surface area contributed by atoms with Gasteiger partial charge in [0, 0.05) is 16.8 Å². The average molecular weight is 140 g/mol. The Balaban J connectivity index is -0.0000000326. The Kier molecular flexibility index (Phi) is 80.4. The normalized spacial score (nSPS) is 6.00. The van der Waals surface area contributed by atoms with Crippen molar-refractivity contribution in [3.8, 4) is 0 Å². The number of hydrogen-bond donors (Lipinski definition) is 2. The van der Waals surface area contributed by atoms with Crippen molar-refractivity contribution in [3.63, 3.8) is 0 Å². The predicted octanol–water partition coefficient (Wildman–Crippen LogP) is -0.310. The molecule has 58 valence electrons. The third-order valence-electron chi connectivity index (χ3n) is 0.500. The molecular formula is C6H18B2N2. The lowest BCUT2D eigenvalue weighted by Gasteiger charge is -1.86. The lowest BCUT2D eigenvalue weighted by Crippen LogP contribution is -2.09. The Hall–Kier alpha value is 0.0499. The second-order valence-corrected chi connectivity index (χ2v) is 1.46. The summed E-state index contributed by atoms with van der Waals surface area (Å²) in [6.07, 6.45) is 0. The minimum Gasteiger partial charge on any atom is -0.323 e. The largest absolute Gasteiger partial charge is 0.323 e. The molecule has 0 saturated carbocycles. The molecule has 2 N–H and O–H groups in total. The summed E-state index contributed by atoms with van der Waals surface area (Å²) in [4.78, 5) is 0. The highest BCUT2D eigenvalue weighted by molar-refractivity contribution is 5.76. The van der Waals surface area contributed by atoms with Gasteiger partial charge in [0.2, 0.25) is 0 Å². The fourth-order valence-electron chi connectivity index (χ4n) is 0.250. The van der Waals surface area contributed by atoms with E-state index < -0.39 is 0 Å². The molecule has 0 unspecified atom stereocenters. The van der Waals surface area contributed by atoms with Crippen LogP contribution in [0.15, 0.2) is 0 Å². The molecule has 6 radical (unpaired) electrons. The van der Waals surface area contributed by atoms with Gasteiger partial charge in [0.25, 0.3) is 0 Å².